The highest BCUT2D eigenvalue weighted by molar-refractivity contribution is 7.15. The van der Waals surface area contributed by atoms with E-state index in [1.165, 1.54) is 23.5 Å². The van der Waals surface area contributed by atoms with Crippen LogP contribution in [0.2, 0.25) is 0 Å². The summed E-state index contributed by atoms with van der Waals surface area (Å²) in [6.07, 6.45) is 0. The zero-order chi connectivity index (χ0) is 15.4. The molecule has 0 atom stereocenters. The molecule has 2 amide bonds. The molecule has 0 spiro atoms. The molecule has 0 fully saturated rings. The van der Waals surface area contributed by atoms with E-state index in [1.807, 2.05) is 13.8 Å². The molecule has 0 aliphatic rings. The van der Waals surface area contributed by atoms with Gasteiger partial charge < -0.3 is 10.4 Å². The number of carboxylic acid groups (broad SMARTS) is 1. The number of thiazole rings is 1. The molecular weight excluding hydrogens is 290 g/mol. The fourth-order valence-electron chi connectivity index (χ4n) is 1.62. The van der Waals surface area contributed by atoms with Gasteiger partial charge in [-0.15, -0.1) is 11.3 Å². The van der Waals surface area contributed by atoms with Gasteiger partial charge in [-0.2, -0.15) is 0 Å². The van der Waals surface area contributed by atoms with Crippen LogP contribution >= 0.6 is 11.3 Å². The lowest BCUT2D eigenvalue weighted by molar-refractivity contribution is 0.0697. The number of benzene rings is 1. The molecule has 0 saturated heterocycles. The summed E-state index contributed by atoms with van der Waals surface area (Å²) in [5.41, 5.74) is 1.94. The third-order valence-corrected chi connectivity index (χ3v) is 3.89. The van der Waals surface area contributed by atoms with Crippen molar-refractivity contribution in [1.82, 2.24) is 10.3 Å². The second-order valence-electron chi connectivity index (χ2n) is 4.47. The van der Waals surface area contributed by atoms with Gasteiger partial charge in [0.05, 0.1) is 11.3 Å². The second-order valence-corrected chi connectivity index (χ2v) is 5.67. The van der Waals surface area contributed by atoms with E-state index in [-0.39, 0.29) is 11.6 Å². The van der Waals surface area contributed by atoms with Gasteiger partial charge in [-0.05, 0) is 31.5 Å². The largest absolute Gasteiger partial charge is 0.478 e. The number of carbonyl (C=O) groups is 2. The summed E-state index contributed by atoms with van der Waals surface area (Å²) in [5.74, 6) is -0.971. The van der Waals surface area contributed by atoms with Gasteiger partial charge in [-0.3, -0.25) is 5.32 Å². The van der Waals surface area contributed by atoms with Crippen molar-refractivity contribution in [3.8, 4) is 0 Å². The minimum absolute atomic E-state index is 0.219. The van der Waals surface area contributed by atoms with E-state index in [1.54, 1.807) is 12.1 Å². The zero-order valence-corrected chi connectivity index (χ0v) is 12.5. The van der Waals surface area contributed by atoms with Crippen LogP contribution in [0.1, 0.15) is 26.5 Å². The van der Waals surface area contributed by atoms with Crippen molar-refractivity contribution in [2.75, 3.05) is 5.32 Å². The summed E-state index contributed by atoms with van der Waals surface area (Å²) < 4.78 is 0. The third kappa shape index (κ3) is 4.03. The van der Waals surface area contributed by atoms with Crippen molar-refractivity contribution >= 4 is 28.5 Å². The molecule has 6 nitrogen and oxygen atoms in total. The second kappa shape index (κ2) is 6.36. The predicted molar refractivity (Wildman–Crippen MR) is 80.8 cm³/mol. The molecule has 2 rings (SSSR count). The number of nitrogens with zero attached hydrogens (tertiary/aromatic N) is 1. The van der Waals surface area contributed by atoms with Crippen LogP contribution < -0.4 is 10.6 Å². The van der Waals surface area contributed by atoms with E-state index in [2.05, 4.69) is 15.6 Å². The van der Waals surface area contributed by atoms with Crippen LogP contribution in [0.3, 0.4) is 0 Å². The lowest BCUT2D eigenvalue weighted by Gasteiger charge is -2.05. The van der Waals surface area contributed by atoms with Crippen molar-refractivity contribution in [3.63, 3.8) is 0 Å². The summed E-state index contributed by atoms with van der Waals surface area (Å²) in [7, 11) is 0. The molecule has 110 valence electrons. The number of hydrogen-bond donors (Lipinski definition) is 3. The van der Waals surface area contributed by atoms with Gasteiger partial charge >= 0.3 is 12.0 Å². The summed E-state index contributed by atoms with van der Waals surface area (Å²) in [6.45, 7) is 4.15. The highest BCUT2D eigenvalue weighted by atomic mass is 32.1. The highest BCUT2D eigenvalue weighted by Crippen LogP contribution is 2.20. The van der Waals surface area contributed by atoms with Crippen LogP contribution in [0.5, 0.6) is 0 Å². The molecule has 21 heavy (non-hydrogen) atoms. The molecule has 0 saturated carbocycles. The number of nitrogens with one attached hydrogen (secondary N) is 2. The average Bonchev–Trinajstić information content (AvgIpc) is 2.75. The molecule has 1 aromatic carbocycles. The van der Waals surface area contributed by atoms with Crippen molar-refractivity contribution in [2.24, 2.45) is 0 Å². The van der Waals surface area contributed by atoms with Crippen molar-refractivity contribution < 1.29 is 14.7 Å². The Morgan fingerprint density at radius 2 is 1.90 bits per heavy atom. The lowest BCUT2D eigenvalue weighted by atomic mass is 10.1. The number of aromatic carboxylic acids is 1. The third-order valence-electron chi connectivity index (χ3n) is 2.90. The molecule has 1 aromatic heterocycles. The number of aromatic nitrogens is 1. The monoisotopic (exact) mass is 305 g/mol. The predicted octanol–water partition coefficient (Wildman–Crippen LogP) is 2.78. The molecular formula is C14H15N3O3S. The number of urea groups is 1. The lowest BCUT2D eigenvalue weighted by Crippen LogP contribution is -2.28. The molecule has 0 radical (unpaired) electrons. The van der Waals surface area contributed by atoms with E-state index in [0.29, 0.717) is 11.7 Å². The first-order chi connectivity index (χ1) is 9.95. The quantitative estimate of drug-likeness (QED) is 0.810. The fourth-order valence-corrected chi connectivity index (χ4v) is 2.42. The number of amides is 2. The number of hydrogen-bond acceptors (Lipinski definition) is 4. The Labute approximate surface area is 125 Å². The molecule has 0 aliphatic carbocycles. The van der Waals surface area contributed by atoms with Crippen LogP contribution in [-0.4, -0.2) is 22.1 Å². The normalized spacial score (nSPS) is 10.2. The van der Waals surface area contributed by atoms with Gasteiger partial charge in [-0.1, -0.05) is 12.1 Å². The van der Waals surface area contributed by atoms with E-state index < -0.39 is 5.97 Å². The van der Waals surface area contributed by atoms with Crippen LogP contribution in [0.4, 0.5) is 9.93 Å². The van der Waals surface area contributed by atoms with E-state index >= 15 is 0 Å². The zero-order valence-electron chi connectivity index (χ0n) is 11.6. The number of anilines is 1. The Kier molecular flexibility index (Phi) is 4.54. The topological polar surface area (TPSA) is 91.3 Å². The maximum absolute atomic E-state index is 11.7. The average molecular weight is 305 g/mol. The van der Waals surface area contributed by atoms with Gasteiger partial charge in [0.2, 0.25) is 0 Å². The number of rotatable bonds is 4. The minimum Gasteiger partial charge on any atom is -0.478 e. The standard InChI is InChI=1S/C14H15N3O3S/c1-8-9(2)21-14(16-8)17-13(20)15-7-10-3-5-11(6-4-10)12(18)19/h3-6H,7H2,1-2H3,(H,18,19)(H2,15,16,17,20). The van der Waals surface area contributed by atoms with Gasteiger partial charge in [0.15, 0.2) is 5.13 Å². The maximum atomic E-state index is 11.7. The first-order valence-electron chi connectivity index (χ1n) is 6.27. The van der Waals surface area contributed by atoms with Gasteiger partial charge in [0.25, 0.3) is 0 Å². The Bertz CT molecular complexity index is 645. The Hall–Kier alpha value is -2.41. The van der Waals surface area contributed by atoms with E-state index in [4.69, 9.17) is 5.11 Å². The Morgan fingerprint density at radius 1 is 1.24 bits per heavy atom. The fraction of sp³-hybridized carbons (Fsp3) is 0.214. The van der Waals surface area contributed by atoms with E-state index in [9.17, 15) is 9.59 Å². The van der Waals surface area contributed by atoms with Crippen LogP contribution in [0.15, 0.2) is 24.3 Å². The highest BCUT2D eigenvalue weighted by Gasteiger charge is 2.07. The van der Waals surface area contributed by atoms with Crippen LogP contribution in [-0.2, 0) is 6.54 Å². The Balaban J connectivity index is 1.87. The van der Waals surface area contributed by atoms with Crippen LogP contribution in [0.25, 0.3) is 0 Å². The van der Waals surface area contributed by atoms with Gasteiger partial charge in [0, 0.05) is 11.4 Å². The van der Waals surface area contributed by atoms with Crippen molar-refractivity contribution in [2.45, 2.75) is 20.4 Å². The molecule has 0 unspecified atom stereocenters. The van der Waals surface area contributed by atoms with E-state index in [0.717, 1.165) is 16.1 Å². The van der Waals surface area contributed by atoms with Crippen molar-refractivity contribution in [3.05, 3.63) is 46.0 Å². The smallest absolute Gasteiger partial charge is 0.335 e. The maximum Gasteiger partial charge on any atom is 0.335 e. The molecule has 2 aromatic rings. The molecule has 1 heterocycles. The van der Waals surface area contributed by atoms with Crippen molar-refractivity contribution in [1.29, 1.82) is 0 Å². The number of carbonyl (C=O) groups excluding carboxylic acids is 1. The summed E-state index contributed by atoms with van der Waals surface area (Å²) in [5, 5.41) is 14.7. The first-order valence-corrected chi connectivity index (χ1v) is 7.08. The molecule has 0 aliphatic heterocycles. The SMILES string of the molecule is Cc1nc(NC(=O)NCc2ccc(C(=O)O)cc2)sc1C. The Morgan fingerprint density at radius 3 is 2.43 bits per heavy atom. The number of aryl methyl sites for hydroxylation is 2. The number of carboxylic acids is 1. The van der Waals surface area contributed by atoms with Gasteiger partial charge in [0.1, 0.15) is 0 Å². The summed E-state index contributed by atoms with van der Waals surface area (Å²) in [4.78, 5) is 27.7. The molecule has 0 bridgehead atoms. The van der Waals surface area contributed by atoms with Gasteiger partial charge in [-0.25, -0.2) is 14.6 Å². The van der Waals surface area contributed by atoms with Crippen LogP contribution in [0, 0.1) is 13.8 Å². The minimum atomic E-state index is -0.971. The molecule has 7 heteroatoms. The first kappa shape index (κ1) is 15.0. The molecule has 3 N–H and O–H groups in total. The summed E-state index contributed by atoms with van der Waals surface area (Å²) in [6, 6.07) is 6.00. The summed E-state index contributed by atoms with van der Waals surface area (Å²) >= 11 is 1.42.